The first-order valence-corrected chi connectivity index (χ1v) is 9.82. The smallest absolute Gasteiger partial charge is 0.272 e. The molecule has 0 radical (unpaired) electrons. The summed E-state index contributed by atoms with van der Waals surface area (Å²) in [6.07, 6.45) is 1.66. The number of rotatable bonds is 5. The number of carbonyl (C=O) groups excluding carboxylic acids is 1. The van der Waals surface area contributed by atoms with Gasteiger partial charge in [0, 0.05) is 12.7 Å². The van der Waals surface area contributed by atoms with Crippen LogP contribution in [-0.2, 0) is 19.7 Å². The maximum absolute atomic E-state index is 12.9. The van der Waals surface area contributed by atoms with Crippen LogP contribution in [0.2, 0.25) is 5.02 Å². The van der Waals surface area contributed by atoms with Gasteiger partial charge in [-0.05, 0) is 42.5 Å². The van der Waals surface area contributed by atoms with Gasteiger partial charge in [0.1, 0.15) is 29.6 Å². The lowest BCUT2D eigenvalue weighted by Gasteiger charge is -2.27. The summed E-state index contributed by atoms with van der Waals surface area (Å²) in [5.41, 5.74) is 1.81. The molecule has 0 spiro atoms. The summed E-state index contributed by atoms with van der Waals surface area (Å²) in [7, 11) is 0. The van der Waals surface area contributed by atoms with Crippen molar-refractivity contribution >= 4 is 17.5 Å². The molecule has 0 bridgehead atoms. The molecule has 0 fully saturated rings. The molecule has 8 heteroatoms. The standard InChI is InChI=1S/C19H16ClFN4O2.C2H6/c20-16-2-1-7-22-17(16)11-24-8-9-25-18(19(24)26)10-14(23-25)12-27-15-5-3-13(21)4-6-15;1-2/h1-7,10H,8-9,11-12H2;1-2H3. The van der Waals surface area contributed by atoms with Crippen LogP contribution in [0.25, 0.3) is 0 Å². The Balaban J connectivity index is 0.00000117. The minimum absolute atomic E-state index is 0.122. The van der Waals surface area contributed by atoms with Gasteiger partial charge in [-0.25, -0.2) is 4.39 Å². The second-order valence-corrected chi connectivity index (χ2v) is 6.55. The molecule has 0 saturated heterocycles. The predicted molar refractivity (Wildman–Crippen MR) is 108 cm³/mol. The van der Waals surface area contributed by atoms with Crippen LogP contribution < -0.4 is 4.74 Å². The average molecular weight is 417 g/mol. The topological polar surface area (TPSA) is 60.2 Å². The minimum atomic E-state index is -0.321. The number of nitrogens with zero attached hydrogens (tertiary/aromatic N) is 4. The number of amides is 1. The maximum Gasteiger partial charge on any atom is 0.272 e. The highest BCUT2D eigenvalue weighted by atomic mass is 35.5. The average Bonchev–Trinajstić information content (AvgIpc) is 3.17. The Bertz CT molecular complexity index is 975. The number of fused-ring (bicyclic) bond motifs is 1. The fraction of sp³-hybridized carbons (Fsp3) is 0.286. The molecule has 2 aromatic heterocycles. The van der Waals surface area contributed by atoms with E-state index in [0.717, 1.165) is 0 Å². The maximum atomic E-state index is 12.9. The van der Waals surface area contributed by atoms with Gasteiger partial charge in [-0.3, -0.25) is 14.5 Å². The van der Waals surface area contributed by atoms with E-state index in [2.05, 4.69) is 10.1 Å². The number of hydrogen-bond acceptors (Lipinski definition) is 4. The van der Waals surface area contributed by atoms with E-state index in [1.165, 1.54) is 12.1 Å². The molecule has 1 aliphatic heterocycles. The van der Waals surface area contributed by atoms with Gasteiger partial charge in [0.15, 0.2) is 0 Å². The van der Waals surface area contributed by atoms with Crippen LogP contribution in [0.5, 0.6) is 5.75 Å². The van der Waals surface area contributed by atoms with Crippen LogP contribution in [0.3, 0.4) is 0 Å². The van der Waals surface area contributed by atoms with Crippen molar-refractivity contribution in [1.82, 2.24) is 19.7 Å². The summed E-state index contributed by atoms with van der Waals surface area (Å²) in [6, 6.07) is 11.0. The van der Waals surface area contributed by atoms with Crippen molar-refractivity contribution in [2.45, 2.75) is 33.5 Å². The van der Waals surface area contributed by atoms with Crippen molar-refractivity contribution in [2.75, 3.05) is 6.54 Å². The van der Waals surface area contributed by atoms with E-state index >= 15 is 0 Å². The molecular weight excluding hydrogens is 395 g/mol. The van der Waals surface area contributed by atoms with E-state index in [1.807, 2.05) is 13.8 Å². The fourth-order valence-electron chi connectivity index (χ4n) is 2.92. The summed E-state index contributed by atoms with van der Waals surface area (Å²) in [5.74, 6) is 0.0992. The van der Waals surface area contributed by atoms with Gasteiger partial charge in [0.2, 0.25) is 0 Å². The van der Waals surface area contributed by atoms with Gasteiger partial charge in [-0.1, -0.05) is 25.4 Å². The van der Waals surface area contributed by atoms with Crippen LogP contribution in [0.1, 0.15) is 35.7 Å². The van der Waals surface area contributed by atoms with Gasteiger partial charge in [0.25, 0.3) is 5.91 Å². The number of pyridine rings is 1. The Morgan fingerprint density at radius 2 is 1.93 bits per heavy atom. The molecule has 3 heterocycles. The van der Waals surface area contributed by atoms with E-state index in [4.69, 9.17) is 16.3 Å². The molecule has 0 atom stereocenters. The van der Waals surface area contributed by atoms with E-state index in [-0.39, 0.29) is 18.3 Å². The summed E-state index contributed by atoms with van der Waals surface area (Å²) in [4.78, 5) is 18.7. The fourth-order valence-corrected chi connectivity index (χ4v) is 3.10. The van der Waals surface area contributed by atoms with E-state index in [0.29, 0.717) is 47.5 Å². The van der Waals surface area contributed by atoms with Crippen LogP contribution in [0.15, 0.2) is 48.7 Å². The van der Waals surface area contributed by atoms with Crippen molar-refractivity contribution < 1.29 is 13.9 Å². The van der Waals surface area contributed by atoms with Crippen molar-refractivity contribution in [3.05, 3.63) is 76.6 Å². The van der Waals surface area contributed by atoms with Gasteiger partial charge in [0.05, 0.1) is 23.8 Å². The van der Waals surface area contributed by atoms with Crippen LogP contribution >= 0.6 is 11.6 Å². The monoisotopic (exact) mass is 416 g/mol. The molecular formula is C21H22ClFN4O2. The first-order valence-electron chi connectivity index (χ1n) is 9.44. The molecule has 1 aromatic carbocycles. The molecule has 1 aliphatic rings. The summed E-state index contributed by atoms with van der Waals surface area (Å²) in [6.45, 7) is 5.66. The summed E-state index contributed by atoms with van der Waals surface area (Å²) < 4.78 is 20.2. The zero-order chi connectivity index (χ0) is 20.8. The molecule has 0 aliphatic carbocycles. The Kier molecular flexibility index (Phi) is 6.82. The Morgan fingerprint density at radius 1 is 1.17 bits per heavy atom. The highest BCUT2D eigenvalue weighted by molar-refractivity contribution is 6.31. The highest BCUT2D eigenvalue weighted by Crippen LogP contribution is 2.20. The molecule has 152 valence electrons. The quantitative estimate of drug-likeness (QED) is 0.621. The third kappa shape index (κ3) is 4.92. The van der Waals surface area contributed by atoms with Crippen molar-refractivity contribution in [2.24, 2.45) is 0 Å². The van der Waals surface area contributed by atoms with Crippen molar-refractivity contribution in [3.63, 3.8) is 0 Å². The van der Waals surface area contributed by atoms with Crippen molar-refractivity contribution in [3.8, 4) is 5.75 Å². The molecule has 0 N–H and O–H groups in total. The lowest BCUT2D eigenvalue weighted by Crippen LogP contribution is -2.40. The van der Waals surface area contributed by atoms with E-state index in [9.17, 15) is 9.18 Å². The number of carbonyl (C=O) groups is 1. The van der Waals surface area contributed by atoms with E-state index < -0.39 is 0 Å². The Hall–Kier alpha value is -2.93. The number of halogens is 2. The predicted octanol–water partition coefficient (Wildman–Crippen LogP) is 4.33. The lowest BCUT2D eigenvalue weighted by atomic mass is 10.2. The number of aromatic nitrogens is 3. The van der Waals surface area contributed by atoms with Crippen LogP contribution in [-0.4, -0.2) is 32.1 Å². The first-order chi connectivity index (χ1) is 14.1. The molecule has 29 heavy (non-hydrogen) atoms. The van der Waals surface area contributed by atoms with Crippen LogP contribution in [0.4, 0.5) is 4.39 Å². The second-order valence-electron chi connectivity index (χ2n) is 6.15. The lowest BCUT2D eigenvalue weighted by molar-refractivity contribution is 0.0681. The molecule has 1 amide bonds. The number of benzene rings is 1. The largest absolute Gasteiger partial charge is 0.487 e. The number of hydrogen-bond donors (Lipinski definition) is 0. The third-order valence-electron chi connectivity index (χ3n) is 4.29. The Labute approximate surface area is 173 Å². The zero-order valence-electron chi connectivity index (χ0n) is 16.3. The molecule has 0 unspecified atom stereocenters. The molecule has 3 aromatic rings. The second kappa shape index (κ2) is 9.52. The Morgan fingerprint density at radius 3 is 2.66 bits per heavy atom. The normalized spacial score (nSPS) is 12.8. The SMILES string of the molecule is CC.O=C1c2cc(COc3ccc(F)cc3)nn2CCN1Cc1ncccc1Cl. The minimum Gasteiger partial charge on any atom is -0.487 e. The summed E-state index contributed by atoms with van der Waals surface area (Å²) >= 11 is 6.15. The van der Waals surface area contributed by atoms with Gasteiger partial charge in [-0.15, -0.1) is 0 Å². The molecule has 6 nitrogen and oxygen atoms in total. The number of ether oxygens (including phenoxy) is 1. The first kappa shape index (κ1) is 20.8. The zero-order valence-corrected chi connectivity index (χ0v) is 17.1. The van der Waals surface area contributed by atoms with Gasteiger partial charge < -0.3 is 9.64 Å². The van der Waals surface area contributed by atoms with Gasteiger partial charge >= 0.3 is 0 Å². The van der Waals surface area contributed by atoms with Crippen molar-refractivity contribution in [1.29, 1.82) is 0 Å². The molecule has 0 saturated carbocycles. The van der Waals surface area contributed by atoms with Crippen LogP contribution in [0, 0.1) is 5.82 Å². The van der Waals surface area contributed by atoms with Gasteiger partial charge in [-0.2, -0.15) is 5.10 Å². The highest BCUT2D eigenvalue weighted by Gasteiger charge is 2.27. The molecule has 4 rings (SSSR count). The summed E-state index contributed by atoms with van der Waals surface area (Å²) in [5, 5.41) is 4.96. The van der Waals surface area contributed by atoms with E-state index in [1.54, 1.807) is 46.1 Å². The third-order valence-corrected chi connectivity index (χ3v) is 4.64.